The molecular weight excluding hydrogens is 360 g/mol. The van der Waals surface area contributed by atoms with Gasteiger partial charge in [-0.15, -0.1) is 0 Å². The third-order valence-corrected chi connectivity index (χ3v) is 3.93. The zero-order valence-corrected chi connectivity index (χ0v) is 15.5. The van der Waals surface area contributed by atoms with Crippen LogP contribution in [-0.2, 0) is 19.1 Å². The minimum Gasteiger partial charge on any atom is -0.490 e. The molecule has 10 heteroatoms. The van der Waals surface area contributed by atoms with Gasteiger partial charge in [0.2, 0.25) is 0 Å². The van der Waals surface area contributed by atoms with Crippen LogP contribution in [0.4, 0.5) is 5.69 Å². The minimum absolute atomic E-state index is 0.0104. The van der Waals surface area contributed by atoms with Crippen LogP contribution in [0.5, 0.6) is 5.75 Å². The Morgan fingerprint density at radius 3 is 2.44 bits per heavy atom. The molecule has 27 heavy (non-hydrogen) atoms. The van der Waals surface area contributed by atoms with Crippen LogP contribution in [-0.4, -0.2) is 49.6 Å². The van der Waals surface area contributed by atoms with Crippen molar-refractivity contribution in [3.63, 3.8) is 0 Å². The molecule has 0 fully saturated rings. The summed E-state index contributed by atoms with van der Waals surface area (Å²) in [4.78, 5) is 46.1. The minimum atomic E-state index is -0.922. The Morgan fingerprint density at radius 2 is 1.93 bits per heavy atom. The van der Waals surface area contributed by atoms with E-state index in [-0.39, 0.29) is 17.2 Å². The highest BCUT2D eigenvalue weighted by Crippen LogP contribution is 2.27. The zero-order valence-electron chi connectivity index (χ0n) is 15.5. The zero-order chi connectivity index (χ0) is 20.6. The second-order valence-electron chi connectivity index (χ2n) is 5.67. The van der Waals surface area contributed by atoms with E-state index in [4.69, 9.17) is 9.47 Å². The molecular formula is C17H22N2O8. The second-order valence-corrected chi connectivity index (χ2v) is 5.67. The molecule has 0 radical (unpaired) electrons. The number of nitro groups is 1. The summed E-state index contributed by atoms with van der Waals surface area (Å²) in [5.41, 5.74) is -0.513. The van der Waals surface area contributed by atoms with E-state index in [0.29, 0.717) is 6.42 Å². The van der Waals surface area contributed by atoms with Crippen LogP contribution in [0.25, 0.3) is 0 Å². The molecule has 0 unspecified atom stereocenters. The fourth-order valence-electron chi connectivity index (χ4n) is 2.19. The van der Waals surface area contributed by atoms with E-state index in [1.807, 2.05) is 6.92 Å². The predicted octanol–water partition coefficient (Wildman–Crippen LogP) is 1.46. The number of ether oxygens (including phenoxy) is 3. The Kier molecular flexibility index (Phi) is 8.18. The summed E-state index contributed by atoms with van der Waals surface area (Å²) >= 11 is 0. The Bertz CT molecular complexity index is 719. The van der Waals surface area contributed by atoms with Crippen molar-refractivity contribution in [3.8, 4) is 5.75 Å². The lowest BCUT2D eigenvalue weighted by Gasteiger charge is -2.21. The monoisotopic (exact) mass is 382 g/mol. The maximum absolute atomic E-state index is 12.0. The third kappa shape index (κ3) is 5.94. The van der Waals surface area contributed by atoms with Crippen molar-refractivity contribution in [2.75, 3.05) is 20.8 Å². The SMILES string of the molecule is CC[C@H](C)[C@H](NC(=O)COC(=O)c1ccc(OC)c([N+](=O)[O-])c1)C(=O)OC. The van der Waals surface area contributed by atoms with Gasteiger partial charge in [-0.25, -0.2) is 9.59 Å². The number of esters is 2. The number of nitro benzene ring substituents is 1. The summed E-state index contributed by atoms with van der Waals surface area (Å²) in [5.74, 6) is -2.41. The van der Waals surface area contributed by atoms with Gasteiger partial charge in [0, 0.05) is 6.07 Å². The number of carbonyl (C=O) groups is 3. The first-order valence-corrected chi connectivity index (χ1v) is 8.11. The molecule has 148 valence electrons. The van der Waals surface area contributed by atoms with E-state index in [1.165, 1.54) is 26.4 Å². The normalized spacial score (nSPS) is 12.4. The molecule has 1 aromatic rings. The van der Waals surface area contributed by atoms with Gasteiger partial charge in [0.1, 0.15) is 6.04 Å². The van der Waals surface area contributed by atoms with Crippen LogP contribution < -0.4 is 10.1 Å². The van der Waals surface area contributed by atoms with Crippen LogP contribution in [0.3, 0.4) is 0 Å². The largest absolute Gasteiger partial charge is 0.490 e. The van der Waals surface area contributed by atoms with Crippen LogP contribution in [0.15, 0.2) is 18.2 Å². The van der Waals surface area contributed by atoms with Gasteiger partial charge in [-0.3, -0.25) is 14.9 Å². The Labute approximate surface area is 155 Å². The molecule has 0 heterocycles. The molecule has 0 aliphatic carbocycles. The van der Waals surface area contributed by atoms with Gasteiger partial charge in [0.15, 0.2) is 12.4 Å². The van der Waals surface area contributed by atoms with Gasteiger partial charge in [-0.1, -0.05) is 20.3 Å². The highest BCUT2D eigenvalue weighted by Gasteiger charge is 2.27. The topological polar surface area (TPSA) is 134 Å². The highest BCUT2D eigenvalue weighted by atomic mass is 16.6. The molecule has 1 N–H and O–H groups in total. The van der Waals surface area contributed by atoms with Crippen molar-refractivity contribution in [1.82, 2.24) is 5.32 Å². The molecule has 0 spiro atoms. The molecule has 2 atom stereocenters. The summed E-state index contributed by atoms with van der Waals surface area (Å²) in [7, 11) is 2.47. The van der Waals surface area contributed by atoms with Crippen molar-refractivity contribution in [3.05, 3.63) is 33.9 Å². The summed E-state index contributed by atoms with van der Waals surface area (Å²) in [6.07, 6.45) is 0.620. The summed E-state index contributed by atoms with van der Waals surface area (Å²) < 4.78 is 14.4. The molecule has 0 saturated heterocycles. The maximum Gasteiger partial charge on any atom is 0.338 e. The average molecular weight is 382 g/mol. The molecule has 1 rings (SSSR count). The van der Waals surface area contributed by atoms with Gasteiger partial charge >= 0.3 is 17.6 Å². The van der Waals surface area contributed by atoms with Crippen molar-refractivity contribution in [2.45, 2.75) is 26.3 Å². The number of methoxy groups -OCH3 is 2. The summed E-state index contributed by atoms with van der Waals surface area (Å²) in [6, 6.07) is 2.66. The van der Waals surface area contributed by atoms with Crippen LogP contribution in [0.1, 0.15) is 30.6 Å². The first-order valence-electron chi connectivity index (χ1n) is 8.11. The quantitative estimate of drug-likeness (QED) is 0.385. The van der Waals surface area contributed by atoms with E-state index in [0.717, 1.165) is 6.07 Å². The fraction of sp³-hybridized carbons (Fsp3) is 0.471. The molecule has 0 aliphatic heterocycles. The Morgan fingerprint density at radius 1 is 1.26 bits per heavy atom. The standard InChI is InChI=1S/C17H22N2O8/c1-5-10(2)15(17(22)26-4)18-14(20)9-27-16(21)11-6-7-13(25-3)12(8-11)19(23)24/h6-8,10,15H,5,9H2,1-4H3,(H,18,20)/t10-,15-/m0/s1. The maximum atomic E-state index is 12.0. The number of amides is 1. The number of benzene rings is 1. The van der Waals surface area contributed by atoms with Crippen LogP contribution in [0.2, 0.25) is 0 Å². The first kappa shape index (κ1) is 21.9. The van der Waals surface area contributed by atoms with Gasteiger partial charge < -0.3 is 19.5 Å². The molecule has 0 saturated carbocycles. The number of rotatable bonds is 9. The third-order valence-electron chi connectivity index (χ3n) is 3.93. The fourth-order valence-corrected chi connectivity index (χ4v) is 2.19. The smallest absolute Gasteiger partial charge is 0.338 e. The Balaban J connectivity index is 2.76. The molecule has 10 nitrogen and oxygen atoms in total. The molecule has 1 aromatic carbocycles. The van der Waals surface area contributed by atoms with Crippen molar-refractivity contribution >= 4 is 23.5 Å². The van der Waals surface area contributed by atoms with E-state index in [9.17, 15) is 24.5 Å². The lowest BCUT2D eigenvalue weighted by atomic mass is 9.99. The van der Waals surface area contributed by atoms with Gasteiger partial charge in [-0.2, -0.15) is 0 Å². The van der Waals surface area contributed by atoms with E-state index in [1.54, 1.807) is 6.92 Å². The van der Waals surface area contributed by atoms with Gasteiger partial charge in [0.25, 0.3) is 5.91 Å². The van der Waals surface area contributed by atoms with Crippen molar-refractivity contribution in [1.29, 1.82) is 0 Å². The van der Waals surface area contributed by atoms with E-state index >= 15 is 0 Å². The average Bonchev–Trinajstić information content (AvgIpc) is 2.68. The van der Waals surface area contributed by atoms with Crippen molar-refractivity contribution < 1.29 is 33.5 Å². The first-order chi connectivity index (χ1) is 12.7. The van der Waals surface area contributed by atoms with Gasteiger partial charge in [-0.05, 0) is 18.1 Å². The Hall–Kier alpha value is -3.17. The number of nitrogens with one attached hydrogen (secondary N) is 1. The predicted molar refractivity (Wildman–Crippen MR) is 93.3 cm³/mol. The number of hydrogen-bond donors (Lipinski definition) is 1. The summed E-state index contributed by atoms with van der Waals surface area (Å²) in [5, 5.41) is 13.4. The van der Waals surface area contributed by atoms with Crippen molar-refractivity contribution in [2.24, 2.45) is 5.92 Å². The van der Waals surface area contributed by atoms with Crippen LogP contribution in [0, 0.1) is 16.0 Å². The van der Waals surface area contributed by atoms with Crippen LogP contribution >= 0.6 is 0 Å². The molecule has 0 aromatic heterocycles. The van der Waals surface area contributed by atoms with E-state index in [2.05, 4.69) is 10.1 Å². The lowest BCUT2D eigenvalue weighted by molar-refractivity contribution is -0.385. The number of nitrogens with zero attached hydrogens (tertiary/aromatic N) is 1. The highest BCUT2D eigenvalue weighted by molar-refractivity contribution is 5.93. The lowest BCUT2D eigenvalue weighted by Crippen LogP contribution is -2.47. The number of hydrogen-bond acceptors (Lipinski definition) is 8. The second kappa shape index (κ2) is 10.1. The molecule has 1 amide bonds. The number of carbonyl (C=O) groups excluding carboxylic acids is 3. The van der Waals surface area contributed by atoms with E-state index < -0.39 is 41.1 Å². The van der Waals surface area contributed by atoms with Gasteiger partial charge in [0.05, 0.1) is 24.7 Å². The molecule has 0 bridgehead atoms. The summed E-state index contributed by atoms with van der Waals surface area (Å²) in [6.45, 7) is 2.97. The molecule has 0 aliphatic rings.